The lowest BCUT2D eigenvalue weighted by molar-refractivity contribution is 0.307. The quantitative estimate of drug-likeness (QED) is 0.780. The molecule has 1 fully saturated rings. The molecule has 1 heterocycles. The molecule has 2 atom stereocenters. The lowest BCUT2D eigenvalue weighted by Crippen LogP contribution is -2.42. The Hall–Kier alpha value is -1.02. The summed E-state index contributed by atoms with van der Waals surface area (Å²) in [7, 11) is 1.79. The van der Waals surface area contributed by atoms with E-state index < -0.39 is 0 Å². The fourth-order valence-electron chi connectivity index (χ4n) is 3.32. The molecule has 1 aliphatic carbocycles. The van der Waals surface area contributed by atoms with E-state index in [4.69, 9.17) is 4.74 Å². The summed E-state index contributed by atoms with van der Waals surface area (Å²) in [6.07, 6.45) is 5.08. The van der Waals surface area contributed by atoms with Gasteiger partial charge in [0.15, 0.2) is 0 Å². The lowest BCUT2D eigenvalue weighted by Gasteiger charge is -2.38. The number of hydrogen-bond donors (Lipinski definition) is 1. The zero-order valence-electron chi connectivity index (χ0n) is 9.83. The molecule has 1 saturated heterocycles. The van der Waals surface area contributed by atoms with Gasteiger partial charge in [0.05, 0.1) is 7.11 Å². The van der Waals surface area contributed by atoms with Gasteiger partial charge in [0.2, 0.25) is 0 Å². The molecule has 1 N–H and O–H groups in total. The molecule has 0 bridgehead atoms. The number of rotatable bonds is 1. The van der Waals surface area contributed by atoms with Crippen LogP contribution in [0.25, 0.3) is 0 Å². The van der Waals surface area contributed by atoms with Crippen LogP contribution in [-0.2, 0) is 6.42 Å². The maximum absolute atomic E-state index is 5.53. The van der Waals surface area contributed by atoms with Gasteiger partial charge in [-0.1, -0.05) is 12.1 Å². The van der Waals surface area contributed by atoms with Crippen molar-refractivity contribution in [3.63, 3.8) is 0 Å². The highest BCUT2D eigenvalue weighted by atomic mass is 16.5. The molecule has 16 heavy (non-hydrogen) atoms. The molecule has 0 saturated carbocycles. The maximum Gasteiger partial charge on any atom is 0.122 e. The van der Waals surface area contributed by atoms with Crippen molar-refractivity contribution < 1.29 is 4.74 Å². The van der Waals surface area contributed by atoms with Crippen LogP contribution in [0, 0.1) is 0 Å². The number of ether oxygens (including phenoxy) is 1. The topological polar surface area (TPSA) is 21.3 Å². The average molecular weight is 217 g/mol. The second kappa shape index (κ2) is 4.10. The first-order chi connectivity index (χ1) is 7.90. The monoisotopic (exact) mass is 217 g/mol. The third kappa shape index (κ3) is 1.52. The second-order valence-corrected chi connectivity index (χ2v) is 4.88. The minimum Gasteiger partial charge on any atom is -0.496 e. The molecule has 0 unspecified atom stereocenters. The van der Waals surface area contributed by atoms with Crippen LogP contribution in [-0.4, -0.2) is 19.7 Å². The van der Waals surface area contributed by atoms with Crippen molar-refractivity contribution in [2.24, 2.45) is 0 Å². The summed E-state index contributed by atoms with van der Waals surface area (Å²) in [4.78, 5) is 0. The number of nitrogens with one attached hydrogen (secondary N) is 1. The first-order valence-corrected chi connectivity index (χ1v) is 6.29. The molecule has 0 amide bonds. The Morgan fingerprint density at radius 2 is 2.25 bits per heavy atom. The molecule has 0 aromatic heterocycles. The van der Waals surface area contributed by atoms with Gasteiger partial charge >= 0.3 is 0 Å². The summed E-state index contributed by atoms with van der Waals surface area (Å²) in [6.45, 7) is 1.19. The van der Waals surface area contributed by atoms with Crippen LogP contribution in [0.1, 0.15) is 36.3 Å². The van der Waals surface area contributed by atoms with E-state index in [2.05, 4.69) is 23.5 Å². The number of aryl methyl sites for hydroxylation is 1. The van der Waals surface area contributed by atoms with Crippen molar-refractivity contribution in [2.45, 2.75) is 37.6 Å². The van der Waals surface area contributed by atoms with Gasteiger partial charge in [-0.2, -0.15) is 0 Å². The molecule has 0 spiro atoms. The van der Waals surface area contributed by atoms with Crippen molar-refractivity contribution in [3.05, 3.63) is 29.3 Å². The van der Waals surface area contributed by atoms with Crippen LogP contribution in [0.2, 0.25) is 0 Å². The summed E-state index contributed by atoms with van der Waals surface area (Å²) in [5.74, 6) is 1.77. The summed E-state index contributed by atoms with van der Waals surface area (Å²) in [5.41, 5.74) is 2.98. The highest BCUT2D eigenvalue weighted by Gasteiger charge is 2.33. The van der Waals surface area contributed by atoms with Crippen LogP contribution < -0.4 is 10.1 Å². The predicted molar refractivity (Wildman–Crippen MR) is 65.1 cm³/mol. The van der Waals surface area contributed by atoms with Gasteiger partial charge in [-0.3, -0.25) is 0 Å². The molecule has 86 valence electrons. The maximum atomic E-state index is 5.53. The van der Waals surface area contributed by atoms with E-state index in [0.717, 1.165) is 5.75 Å². The van der Waals surface area contributed by atoms with E-state index >= 15 is 0 Å². The van der Waals surface area contributed by atoms with Gasteiger partial charge in [-0.15, -0.1) is 0 Å². The Kier molecular flexibility index (Phi) is 2.60. The van der Waals surface area contributed by atoms with E-state index in [1.165, 1.54) is 43.4 Å². The van der Waals surface area contributed by atoms with Crippen LogP contribution >= 0.6 is 0 Å². The van der Waals surface area contributed by atoms with Crippen LogP contribution in [0.15, 0.2) is 18.2 Å². The lowest BCUT2D eigenvalue weighted by atomic mass is 9.75. The number of piperidine rings is 1. The molecular weight excluding hydrogens is 198 g/mol. The smallest absolute Gasteiger partial charge is 0.122 e. The number of benzene rings is 1. The fraction of sp³-hybridized carbons (Fsp3) is 0.571. The Balaban J connectivity index is 2.05. The SMILES string of the molecule is COc1cccc2c1[C@@H]1CCCN[C@@H]1CC2. The molecule has 2 nitrogen and oxygen atoms in total. The summed E-state index contributed by atoms with van der Waals surface area (Å²) in [5, 5.41) is 3.66. The van der Waals surface area contributed by atoms with Crippen LogP contribution in [0.3, 0.4) is 0 Å². The number of hydrogen-bond acceptors (Lipinski definition) is 2. The van der Waals surface area contributed by atoms with Gasteiger partial charge in [-0.05, 0) is 43.9 Å². The van der Waals surface area contributed by atoms with Crippen molar-refractivity contribution in [2.75, 3.05) is 13.7 Å². The summed E-state index contributed by atoms with van der Waals surface area (Å²) in [6, 6.07) is 7.17. The first-order valence-electron chi connectivity index (χ1n) is 6.29. The minimum absolute atomic E-state index is 0.675. The Labute approximate surface area is 97.0 Å². The highest BCUT2D eigenvalue weighted by molar-refractivity contribution is 5.45. The summed E-state index contributed by atoms with van der Waals surface area (Å²) < 4.78 is 5.53. The van der Waals surface area contributed by atoms with Gasteiger partial charge in [0, 0.05) is 17.5 Å². The first kappa shape index (κ1) is 10.2. The van der Waals surface area contributed by atoms with Crippen molar-refractivity contribution in [1.29, 1.82) is 0 Å². The third-order valence-corrected chi connectivity index (χ3v) is 4.06. The standard InChI is InChI=1S/C14H19NO/c1-16-13-6-2-4-10-7-8-12-11(14(10)13)5-3-9-15-12/h2,4,6,11-12,15H,3,5,7-9H2,1H3/t11-,12-/m1/s1. The highest BCUT2D eigenvalue weighted by Crippen LogP contribution is 2.41. The van der Waals surface area contributed by atoms with E-state index in [-0.39, 0.29) is 0 Å². The van der Waals surface area contributed by atoms with Crippen molar-refractivity contribution in [1.82, 2.24) is 5.32 Å². The van der Waals surface area contributed by atoms with Gasteiger partial charge < -0.3 is 10.1 Å². The molecule has 1 aromatic rings. The average Bonchev–Trinajstić information content (AvgIpc) is 2.37. The Morgan fingerprint density at radius 1 is 1.31 bits per heavy atom. The molecular formula is C14H19NO. The fourth-order valence-corrected chi connectivity index (χ4v) is 3.32. The van der Waals surface area contributed by atoms with E-state index in [1.54, 1.807) is 7.11 Å². The van der Waals surface area contributed by atoms with E-state index in [9.17, 15) is 0 Å². The molecule has 1 aliphatic heterocycles. The molecule has 0 radical (unpaired) electrons. The van der Waals surface area contributed by atoms with Gasteiger partial charge in [-0.25, -0.2) is 0 Å². The largest absolute Gasteiger partial charge is 0.496 e. The zero-order chi connectivity index (χ0) is 11.0. The van der Waals surface area contributed by atoms with Crippen LogP contribution in [0.5, 0.6) is 5.75 Å². The number of methoxy groups -OCH3 is 1. The number of fused-ring (bicyclic) bond motifs is 3. The Morgan fingerprint density at radius 3 is 3.12 bits per heavy atom. The molecule has 2 aliphatic rings. The summed E-state index contributed by atoms with van der Waals surface area (Å²) >= 11 is 0. The molecule has 2 heteroatoms. The Bertz CT molecular complexity index is 374. The van der Waals surface area contributed by atoms with Gasteiger partial charge in [0.25, 0.3) is 0 Å². The van der Waals surface area contributed by atoms with Crippen molar-refractivity contribution in [3.8, 4) is 5.75 Å². The zero-order valence-corrected chi connectivity index (χ0v) is 9.83. The second-order valence-electron chi connectivity index (χ2n) is 4.88. The van der Waals surface area contributed by atoms with Gasteiger partial charge in [0.1, 0.15) is 5.75 Å². The van der Waals surface area contributed by atoms with E-state index in [1.807, 2.05) is 0 Å². The molecule has 3 rings (SSSR count). The third-order valence-electron chi connectivity index (χ3n) is 4.06. The van der Waals surface area contributed by atoms with Crippen LogP contribution in [0.4, 0.5) is 0 Å². The van der Waals surface area contributed by atoms with Crippen molar-refractivity contribution >= 4 is 0 Å². The predicted octanol–water partition coefficient (Wildman–Crippen LogP) is 2.48. The minimum atomic E-state index is 0.675. The van der Waals surface area contributed by atoms with E-state index in [0.29, 0.717) is 12.0 Å². The molecule has 1 aromatic carbocycles. The normalized spacial score (nSPS) is 28.1.